The number of esters is 1. The molecule has 17 heteroatoms. The molecule has 1 saturated heterocycles. The van der Waals surface area contributed by atoms with Crippen molar-refractivity contribution in [2.24, 2.45) is 10.3 Å². The number of rotatable bonds is 16. The van der Waals surface area contributed by atoms with E-state index in [-0.39, 0.29) is 28.0 Å². The Labute approximate surface area is 411 Å². The van der Waals surface area contributed by atoms with Gasteiger partial charge in [0.05, 0.1) is 6.21 Å². The number of ether oxygens (including phenoxy) is 2. The van der Waals surface area contributed by atoms with Gasteiger partial charge in [0.25, 0.3) is 11.8 Å². The summed E-state index contributed by atoms with van der Waals surface area (Å²) in [5, 5.41) is 24.7. The van der Waals surface area contributed by atoms with Crippen molar-refractivity contribution < 1.29 is 38.7 Å². The highest BCUT2D eigenvalue weighted by Gasteiger charge is 2.55. The lowest BCUT2D eigenvalue weighted by Gasteiger charge is -2.49. The van der Waals surface area contributed by atoms with Gasteiger partial charge in [0.2, 0.25) is 5.60 Å². The Hall–Kier alpha value is -7.47. The lowest BCUT2D eigenvalue weighted by molar-refractivity contribution is -0.154. The van der Waals surface area contributed by atoms with Crippen LogP contribution >= 0.6 is 34.9 Å². The minimum Gasteiger partial charge on any atom is -0.448 e. The molecule has 1 unspecified atom stereocenters. The van der Waals surface area contributed by atoms with Crippen LogP contribution in [0.25, 0.3) is 0 Å². The predicted molar refractivity (Wildman–Crippen MR) is 269 cm³/mol. The normalized spacial score (nSPS) is 16.3. The second-order valence-electron chi connectivity index (χ2n) is 16.4. The number of carbonyl (C=O) groups excluding carboxylic acids is 4. The molecule has 350 valence electrons. The van der Waals surface area contributed by atoms with Crippen LogP contribution in [0.3, 0.4) is 0 Å². The number of thioether (sulfide) groups is 2. The minimum atomic E-state index is -1.39. The van der Waals surface area contributed by atoms with Crippen molar-refractivity contribution in [3.63, 3.8) is 0 Å². The summed E-state index contributed by atoms with van der Waals surface area (Å²) >= 11 is 3.56. The summed E-state index contributed by atoms with van der Waals surface area (Å²) in [5.74, 6) is -1.86. The topological polar surface area (TPSA) is 181 Å². The van der Waals surface area contributed by atoms with Crippen LogP contribution in [-0.4, -0.2) is 73.7 Å². The van der Waals surface area contributed by atoms with Gasteiger partial charge in [-0.15, -0.1) is 23.1 Å². The lowest BCUT2D eigenvalue weighted by atomic mass is 9.80. The van der Waals surface area contributed by atoms with Gasteiger partial charge in [-0.3, -0.25) is 19.8 Å². The lowest BCUT2D eigenvalue weighted by Crippen LogP contribution is -2.71. The van der Waals surface area contributed by atoms with Gasteiger partial charge in [-0.1, -0.05) is 174 Å². The Bertz CT molecular complexity index is 2760. The van der Waals surface area contributed by atoms with Crippen molar-refractivity contribution in [3.05, 3.63) is 213 Å². The average Bonchev–Trinajstić information content (AvgIpc) is 3.83. The fourth-order valence-electron chi connectivity index (χ4n) is 7.65. The molecule has 2 atom stereocenters. The summed E-state index contributed by atoms with van der Waals surface area (Å²) in [7, 11) is 0. The molecule has 2 aliphatic heterocycles. The van der Waals surface area contributed by atoms with Crippen molar-refractivity contribution in [2.45, 2.75) is 49.5 Å². The third-order valence-electron chi connectivity index (χ3n) is 10.7. The van der Waals surface area contributed by atoms with Gasteiger partial charge in [-0.05, 0) is 43.4 Å². The van der Waals surface area contributed by atoms with E-state index >= 15 is 0 Å². The molecule has 0 aliphatic carbocycles. The summed E-state index contributed by atoms with van der Waals surface area (Å²) in [6.07, 6.45) is 1.12. The van der Waals surface area contributed by atoms with Gasteiger partial charge in [-0.25, -0.2) is 14.6 Å². The summed E-state index contributed by atoms with van der Waals surface area (Å²) in [6, 6.07) is 45.8. The molecule has 1 fully saturated rings. The number of anilines is 1. The molecule has 0 bridgehead atoms. The molecule has 8 rings (SSSR count). The second kappa shape index (κ2) is 21.7. The summed E-state index contributed by atoms with van der Waals surface area (Å²) in [5.41, 5.74) is 1.17. The van der Waals surface area contributed by atoms with Gasteiger partial charge in [0, 0.05) is 32.7 Å². The number of oxime groups is 2. The van der Waals surface area contributed by atoms with Crippen LogP contribution < -0.4 is 10.6 Å². The molecule has 0 saturated carbocycles. The number of hydrogen-bond acceptors (Lipinski definition) is 14. The van der Waals surface area contributed by atoms with Gasteiger partial charge in [0.15, 0.2) is 16.9 Å². The molecular weight excluding hydrogens is 933 g/mol. The Morgan fingerprint density at radius 2 is 1.36 bits per heavy atom. The molecule has 1 aromatic heterocycles. The molecule has 6 aromatic rings. The molecule has 0 radical (unpaired) electrons. The van der Waals surface area contributed by atoms with Gasteiger partial charge in [0.1, 0.15) is 28.4 Å². The van der Waals surface area contributed by atoms with Crippen LogP contribution in [0, 0.1) is 0 Å². The van der Waals surface area contributed by atoms with E-state index < -0.39 is 52.6 Å². The summed E-state index contributed by atoms with van der Waals surface area (Å²) < 4.78 is 11.7. The number of nitrogens with zero attached hydrogens (tertiary/aromatic N) is 4. The Kier molecular flexibility index (Phi) is 15.1. The smallest absolute Gasteiger partial charge is 0.413 e. The fourth-order valence-corrected chi connectivity index (χ4v) is 10.6. The highest BCUT2D eigenvalue weighted by atomic mass is 32.2. The largest absolute Gasteiger partial charge is 0.448 e. The first-order chi connectivity index (χ1) is 33.5. The standard InChI is InChI=1S/C52H46N6O8S3/c1-51(2,3)65-50(62)56-49-54-39(32-69-49)41(57-66-52(36-24-13-6-14-25-36,37-26-15-7-16-27-37)38-28-17-8-18-29-38)45(59)55-42-46(60)58-43(40(33-68-47(42)58)67-31-19-30-53-63)48(61)64-44(34-20-9-4-10-21-34)35-22-11-5-12-23-35/h4-32,42,44,47,63H,33H2,1-3H3,(H,55,59)(H,54,56,62)/b31-19-,53-30+,57-41-/t42?,47-/m1/s1. The average molecular weight is 979 g/mol. The van der Waals surface area contributed by atoms with Crippen LogP contribution in [0.2, 0.25) is 0 Å². The predicted octanol–water partition coefficient (Wildman–Crippen LogP) is 9.85. The molecule has 2 aliphatic rings. The van der Waals surface area contributed by atoms with Crippen molar-refractivity contribution in [2.75, 3.05) is 11.1 Å². The number of benzene rings is 5. The maximum absolute atomic E-state index is 14.9. The zero-order valence-electron chi connectivity index (χ0n) is 37.5. The van der Waals surface area contributed by atoms with Crippen molar-refractivity contribution >= 4 is 75.8 Å². The quantitative estimate of drug-likeness (QED) is 0.0210. The van der Waals surface area contributed by atoms with E-state index in [0.29, 0.717) is 21.6 Å². The monoisotopic (exact) mass is 978 g/mol. The Morgan fingerprint density at radius 1 is 0.826 bits per heavy atom. The number of hydrogen-bond donors (Lipinski definition) is 3. The Balaban J connectivity index is 1.15. The van der Waals surface area contributed by atoms with Gasteiger partial charge >= 0.3 is 12.1 Å². The van der Waals surface area contributed by atoms with Gasteiger partial charge < -0.3 is 24.8 Å². The number of amides is 3. The van der Waals surface area contributed by atoms with Crippen LogP contribution in [0.1, 0.15) is 60.4 Å². The Morgan fingerprint density at radius 3 is 1.88 bits per heavy atom. The van der Waals surface area contributed by atoms with E-state index in [1.54, 1.807) is 31.6 Å². The molecular formula is C52H46N6O8S3. The van der Waals surface area contributed by atoms with Crippen molar-refractivity contribution in [1.29, 1.82) is 0 Å². The van der Waals surface area contributed by atoms with Crippen LogP contribution in [0.4, 0.5) is 9.93 Å². The number of allylic oxidation sites excluding steroid dienone is 1. The number of nitrogens with one attached hydrogen (secondary N) is 2. The van der Waals surface area contributed by atoms with Gasteiger partial charge in [-0.2, -0.15) is 0 Å². The first-order valence-electron chi connectivity index (χ1n) is 21.6. The molecule has 14 nitrogen and oxygen atoms in total. The number of thiazole rings is 1. The number of carbonyl (C=O) groups is 4. The highest BCUT2D eigenvalue weighted by Crippen LogP contribution is 2.45. The second-order valence-corrected chi connectivity index (χ2v) is 19.4. The van der Waals surface area contributed by atoms with E-state index in [0.717, 1.165) is 22.5 Å². The summed E-state index contributed by atoms with van der Waals surface area (Å²) in [6.45, 7) is 5.20. The number of aromatic nitrogens is 1. The van der Waals surface area contributed by atoms with E-state index in [9.17, 15) is 19.2 Å². The fraction of sp³-hybridized carbons (Fsp3) is 0.173. The molecule has 0 spiro atoms. The van der Waals surface area contributed by atoms with E-state index in [4.69, 9.17) is 19.5 Å². The van der Waals surface area contributed by atoms with Crippen molar-refractivity contribution in [3.8, 4) is 0 Å². The van der Waals surface area contributed by atoms with Crippen LogP contribution in [0.15, 0.2) is 189 Å². The summed E-state index contributed by atoms with van der Waals surface area (Å²) in [4.78, 5) is 69.9. The number of β-lactam (4-membered cyclic amide) rings is 1. The molecule has 69 heavy (non-hydrogen) atoms. The first kappa shape index (κ1) is 48.0. The minimum absolute atomic E-state index is 0.0228. The zero-order chi connectivity index (χ0) is 48.4. The third-order valence-corrected chi connectivity index (χ3v) is 13.8. The van der Waals surface area contributed by atoms with Crippen LogP contribution in [0.5, 0.6) is 0 Å². The SMILES string of the molecule is CC(C)(C)OC(=O)Nc1nc(/C(=N/OC(c2ccccc2)(c2ccccc2)c2ccccc2)C(=O)NC2C(=O)N3C(C(=O)OC(c4ccccc4)c4ccccc4)=C(S/C=C\C=N\O)CS[C@H]23)cs1. The molecule has 3 amide bonds. The third kappa shape index (κ3) is 11.0. The maximum Gasteiger partial charge on any atom is 0.413 e. The molecule has 3 heterocycles. The highest BCUT2D eigenvalue weighted by molar-refractivity contribution is 8.08. The first-order valence-corrected chi connectivity index (χ1v) is 24.4. The number of fused-ring (bicyclic) bond motifs is 1. The van der Waals surface area contributed by atoms with E-state index in [1.165, 1.54) is 40.7 Å². The molecule has 3 N–H and O–H groups in total. The van der Waals surface area contributed by atoms with E-state index in [2.05, 4.69) is 25.9 Å². The van der Waals surface area contributed by atoms with Crippen molar-refractivity contribution in [1.82, 2.24) is 15.2 Å². The maximum atomic E-state index is 14.9. The molecule has 5 aromatic carbocycles. The zero-order valence-corrected chi connectivity index (χ0v) is 40.0. The van der Waals surface area contributed by atoms with Crippen LogP contribution in [-0.2, 0) is 34.3 Å². The van der Waals surface area contributed by atoms with E-state index in [1.807, 2.05) is 152 Å².